The molecule has 1 aromatic carbocycles. The monoisotopic (exact) mass is 329 g/mol. The Kier molecular flexibility index (Phi) is 4.46. The number of hydrogen-bond acceptors (Lipinski definition) is 2. The van der Waals surface area contributed by atoms with Gasteiger partial charge in [-0.3, -0.25) is 4.79 Å². The van der Waals surface area contributed by atoms with Crippen molar-refractivity contribution in [2.45, 2.75) is 38.1 Å². The third-order valence-electron chi connectivity index (χ3n) is 3.75. The first-order chi connectivity index (χ1) is 8.57. The molecule has 0 amide bonds. The molecule has 18 heavy (non-hydrogen) atoms. The van der Waals surface area contributed by atoms with Crippen LogP contribution in [-0.4, -0.2) is 17.9 Å². The molecule has 1 N–H and O–H groups in total. The molecular formula is C14H17BrClNO. The lowest BCUT2D eigenvalue weighted by Gasteiger charge is -2.26. The molecule has 0 bridgehead atoms. The lowest BCUT2D eigenvalue weighted by molar-refractivity contribution is -0.124. The first-order valence-corrected chi connectivity index (χ1v) is 7.47. The van der Waals surface area contributed by atoms with E-state index in [1.54, 1.807) is 0 Å². The van der Waals surface area contributed by atoms with Crippen molar-refractivity contribution in [2.75, 3.05) is 6.54 Å². The highest BCUT2D eigenvalue weighted by Crippen LogP contribution is 2.28. The predicted molar refractivity (Wildman–Crippen MR) is 78.1 cm³/mol. The van der Waals surface area contributed by atoms with Gasteiger partial charge < -0.3 is 5.32 Å². The number of hydrogen-bond donors (Lipinski definition) is 1. The third-order valence-corrected chi connectivity index (χ3v) is 4.59. The molecule has 2 nitrogen and oxygen atoms in total. The summed E-state index contributed by atoms with van der Waals surface area (Å²) >= 11 is 9.54. The number of rotatable bonds is 4. The second-order valence-corrected chi connectivity index (χ2v) is 6.12. The van der Waals surface area contributed by atoms with Gasteiger partial charge in [0.15, 0.2) is 5.78 Å². The van der Waals surface area contributed by atoms with Crippen LogP contribution < -0.4 is 5.32 Å². The van der Waals surface area contributed by atoms with Crippen molar-refractivity contribution in [1.29, 1.82) is 0 Å². The van der Waals surface area contributed by atoms with Gasteiger partial charge in [0.25, 0.3) is 0 Å². The molecule has 0 saturated carbocycles. The summed E-state index contributed by atoms with van der Waals surface area (Å²) in [6.07, 6.45) is 3.27. The molecule has 2 rings (SSSR count). The van der Waals surface area contributed by atoms with Crippen molar-refractivity contribution in [3.05, 3.63) is 33.3 Å². The van der Waals surface area contributed by atoms with Crippen molar-refractivity contribution in [1.82, 2.24) is 5.32 Å². The standard InChI is InChI=1S/C14H17BrClNO/c1-2-14(6-3-7-17-14)13(18)8-10-4-5-11(15)9-12(10)16/h4-5,9,17H,2-3,6-8H2,1H3. The van der Waals surface area contributed by atoms with Crippen LogP contribution in [0.2, 0.25) is 5.02 Å². The van der Waals surface area contributed by atoms with Crippen LogP contribution >= 0.6 is 27.5 Å². The van der Waals surface area contributed by atoms with Crippen LogP contribution in [0, 0.1) is 0 Å². The first-order valence-electron chi connectivity index (χ1n) is 6.29. The molecular weight excluding hydrogens is 314 g/mol. The van der Waals surface area contributed by atoms with E-state index in [9.17, 15) is 4.79 Å². The van der Waals surface area contributed by atoms with Gasteiger partial charge in [0, 0.05) is 15.9 Å². The molecule has 1 atom stereocenters. The summed E-state index contributed by atoms with van der Waals surface area (Å²) in [6, 6.07) is 5.68. The molecule has 0 spiro atoms. The average Bonchev–Trinajstić information content (AvgIpc) is 2.82. The Labute approximate surface area is 121 Å². The molecule has 1 saturated heterocycles. The van der Waals surface area contributed by atoms with Gasteiger partial charge in [-0.1, -0.05) is 40.5 Å². The van der Waals surface area contributed by atoms with Gasteiger partial charge >= 0.3 is 0 Å². The van der Waals surface area contributed by atoms with E-state index in [0.717, 1.165) is 35.8 Å². The summed E-state index contributed by atoms with van der Waals surface area (Å²) < 4.78 is 0.938. The van der Waals surface area contributed by atoms with Gasteiger partial charge in [-0.05, 0) is 43.5 Å². The summed E-state index contributed by atoms with van der Waals surface area (Å²) in [6.45, 7) is 3.01. The minimum atomic E-state index is -0.323. The molecule has 1 fully saturated rings. The number of benzene rings is 1. The number of carbonyl (C=O) groups is 1. The van der Waals surface area contributed by atoms with E-state index in [1.165, 1.54) is 0 Å². The van der Waals surface area contributed by atoms with Gasteiger partial charge in [-0.15, -0.1) is 0 Å². The van der Waals surface area contributed by atoms with Crippen molar-refractivity contribution in [2.24, 2.45) is 0 Å². The fourth-order valence-electron chi connectivity index (χ4n) is 2.55. The number of halogens is 2. The van der Waals surface area contributed by atoms with Crippen molar-refractivity contribution >= 4 is 33.3 Å². The van der Waals surface area contributed by atoms with Gasteiger partial charge in [0.05, 0.1) is 5.54 Å². The molecule has 1 heterocycles. The van der Waals surface area contributed by atoms with Gasteiger partial charge in [-0.2, -0.15) is 0 Å². The van der Waals surface area contributed by atoms with E-state index < -0.39 is 0 Å². The van der Waals surface area contributed by atoms with Gasteiger partial charge in [0.2, 0.25) is 0 Å². The SMILES string of the molecule is CCC1(C(=O)Cc2ccc(Br)cc2Cl)CCCN1. The van der Waals surface area contributed by atoms with Crippen molar-refractivity contribution in [3.63, 3.8) is 0 Å². The molecule has 98 valence electrons. The first kappa shape index (κ1) is 14.0. The zero-order chi connectivity index (χ0) is 13.2. The van der Waals surface area contributed by atoms with Crippen molar-refractivity contribution in [3.8, 4) is 0 Å². The fourth-order valence-corrected chi connectivity index (χ4v) is 3.29. The van der Waals surface area contributed by atoms with E-state index in [4.69, 9.17) is 11.6 Å². The summed E-state index contributed by atoms with van der Waals surface area (Å²) in [7, 11) is 0. The van der Waals surface area contributed by atoms with E-state index >= 15 is 0 Å². The maximum Gasteiger partial charge on any atom is 0.157 e. The third kappa shape index (κ3) is 2.79. The molecule has 4 heteroatoms. The normalized spacial score (nSPS) is 23.3. The summed E-state index contributed by atoms with van der Waals surface area (Å²) in [5, 5.41) is 4.02. The number of carbonyl (C=O) groups excluding carboxylic acids is 1. The minimum absolute atomic E-state index is 0.256. The second-order valence-electron chi connectivity index (χ2n) is 4.80. The minimum Gasteiger partial charge on any atom is -0.305 e. The Bertz CT molecular complexity index is 455. The Morgan fingerprint density at radius 2 is 2.33 bits per heavy atom. The Balaban J connectivity index is 2.15. The number of Topliss-reactive ketones (excluding diaryl/α,β-unsaturated/α-hetero) is 1. The fraction of sp³-hybridized carbons (Fsp3) is 0.500. The number of nitrogens with one attached hydrogen (secondary N) is 1. The van der Waals surface area contributed by atoms with Crippen LogP contribution in [0.15, 0.2) is 22.7 Å². The second kappa shape index (κ2) is 5.72. The summed E-state index contributed by atoms with van der Waals surface area (Å²) in [5.74, 6) is 0.256. The average molecular weight is 331 g/mol. The van der Waals surface area contributed by atoms with Gasteiger partial charge in [0.1, 0.15) is 0 Å². The topological polar surface area (TPSA) is 29.1 Å². The molecule has 1 aliphatic heterocycles. The maximum atomic E-state index is 12.5. The molecule has 0 aliphatic carbocycles. The van der Waals surface area contributed by atoms with E-state index in [1.807, 2.05) is 18.2 Å². The maximum absolute atomic E-state index is 12.5. The van der Waals surface area contributed by atoms with Crippen LogP contribution in [0.5, 0.6) is 0 Å². The van der Waals surface area contributed by atoms with Crippen molar-refractivity contribution < 1.29 is 4.79 Å². The van der Waals surface area contributed by atoms with E-state index in [0.29, 0.717) is 11.4 Å². The van der Waals surface area contributed by atoms with Crippen LogP contribution in [0.1, 0.15) is 31.7 Å². The molecule has 1 aromatic rings. The highest BCUT2D eigenvalue weighted by atomic mass is 79.9. The molecule has 1 aliphatic rings. The smallest absolute Gasteiger partial charge is 0.157 e. The predicted octanol–water partition coefficient (Wildman–Crippen LogP) is 3.75. The highest BCUT2D eigenvalue weighted by molar-refractivity contribution is 9.10. The molecule has 0 aromatic heterocycles. The largest absolute Gasteiger partial charge is 0.305 e. The Morgan fingerprint density at radius 3 is 2.89 bits per heavy atom. The lowest BCUT2D eigenvalue weighted by Crippen LogP contribution is -2.47. The van der Waals surface area contributed by atoms with Crippen LogP contribution in [0.25, 0.3) is 0 Å². The zero-order valence-corrected chi connectivity index (χ0v) is 12.8. The Hall–Kier alpha value is -0.380. The zero-order valence-electron chi connectivity index (χ0n) is 10.4. The van der Waals surface area contributed by atoms with E-state index in [-0.39, 0.29) is 11.3 Å². The summed E-state index contributed by atoms with van der Waals surface area (Å²) in [4.78, 5) is 12.5. The molecule has 0 radical (unpaired) electrons. The Morgan fingerprint density at radius 1 is 1.56 bits per heavy atom. The van der Waals surface area contributed by atoms with Gasteiger partial charge in [-0.25, -0.2) is 0 Å². The van der Waals surface area contributed by atoms with E-state index in [2.05, 4.69) is 28.2 Å². The van der Waals surface area contributed by atoms with Crippen LogP contribution in [0.3, 0.4) is 0 Å². The lowest BCUT2D eigenvalue weighted by atomic mass is 9.86. The number of ketones is 1. The van der Waals surface area contributed by atoms with Crippen LogP contribution in [0.4, 0.5) is 0 Å². The quantitative estimate of drug-likeness (QED) is 0.911. The highest BCUT2D eigenvalue weighted by Gasteiger charge is 2.38. The summed E-state index contributed by atoms with van der Waals surface area (Å²) in [5.41, 5.74) is 0.586. The van der Waals surface area contributed by atoms with Crippen LogP contribution in [-0.2, 0) is 11.2 Å². The molecule has 1 unspecified atom stereocenters.